The van der Waals surface area contributed by atoms with Gasteiger partial charge in [-0.15, -0.1) is 0 Å². The van der Waals surface area contributed by atoms with Gasteiger partial charge in [0.2, 0.25) is 0 Å². The second-order valence-electron chi connectivity index (χ2n) is 4.73. The number of halogens is 1. The van der Waals surface area contributed by atoms with Crippen molar-refractivity contribution in [2.75, 3.05) is 5.32 Å². The molecule has 0 saturated heterocycles. The van der Waals surface area contributed by atoms with Crippen molar-refractivity contribution < 1.29 is 0 Å². The first-order valence-corrected chi connectivity index (χ1v) is 7.36. The lowest BCUT2D eigenvalue weighted by Gasteiger charge is -2.07. The molecule has 1 heterocycles. The first-order valence-electron chi connectivity index (χ1n) is 6.57. The smallest absolute Gasteiger partial charge is 0.264 e. The molecule has 0 aliphatic heterocycles. The van der Waals surface area contributed by atoms with Crippen molar-refractivity contribution in [1.82, 2.24) is 10.2 Å². The predicted octanol–water partition coefficient (Wildman–Crippen LogP) is 3.74. The van der Waals surface area contributed by atoms with Crippen LogP contribution < -0.4 is 10.9 Å². The van der Waals surface area contributed by atoms with Crippen molar-refractivity contribution in [3.8, 4) is 11.3 Å². The molecule has 0 aliphatic carbocycles. The summed E-state index contributed by atoms with van der Waals surface area (Å²) in [5, 5.41) is 8.74. The minimum atomic E-state index is -0.123. The number of aromatic amines is 2. The van der Waals surface area contributed by atoms with Gasteiger partial charge in [0.15, 0.2) is 0 Å². The van der Waals surface area contributed by atoms with Crippen LogP contribution >= 0.6 is 15.9 Å². The van der Waals surface area contributed by atoms with Crippen LogP contribution in [0.25, 0.3) is 11.3 Å². The average Bonchev–Trinajstić information content (AvgIpc) is 2.94. The van der Waals surface area contributed by atoms with Crippen molar-refractivity contribution in [2.24, 2.45) is 0 Å². The van der Waals surface area contributed by atoms with E-state index in [9.17, 15) is 4.79 Å². The summed E-state index contributed by atoms with van der Waals surface area (Å²) in [5.41, 5.74) is 3.90. The van der Waals surface area contributed by atoms with E-state index in [0.717, 1.165) is 28.0 Å². The monoisotopic (exact) mass is 343 g/mol. The zero-order chi connectivity index (χ0) is 14.7. The summed E-state index contributed by atoms with van der Waals surface area (Å²) >= 11 is 3.43. The molecule has 0 amide bonds. The number of hydrogen-bond donors (Lipinski definition) is 3. The molecule has 0 fully saturated rings. The SMILES string of the molecule is O=c1cc(-c2ccc(NCc3ccc(Br)cc3)cc2)[nH][nH]1. The van der Waals surface area contributed by atoms with Gasteiger partial charge in [0.25, 0.3) is 5.56 Å². The van der Waals surface area contributed by atoms with Crippen molar-refractivity contribution in [3.63, 3.8) is 0 Å². The van der Waals surface area contributed by atoms with Crippen molar-refractivity contribution in [1.29, 1.82) is 0 Å². The lowest BCUT2D eigenvalue weighted by Crippen LogP contribution is -1.98. The van der Waals surface area contributed by atoms with E-state index in [4.69, 9.17) is 0 Å². The molecule has 0 unspecified atom stereocenters. The van der Waals surface area contributed by atoms with Gasteiger partial charge in [-0.1, -0.05) is 40.2 Å². The van der Waals surface area contributed by atoms with Crippen LogP contribution in [-0.4, -0.2) is 10.2 Å². The van der Waals surface area contributed by atoms with E-state index < -0.39 is 0 Å². The summed E-state index contributed by atoms with van der Waals surface area (Å²) in [7, 11) is 0. The molecule has 106 valence electrons. The predicted molar refractivity (Wildman–Crippen MR) is 88.3 cm³/mol. The number of nitrogens with one attached hydrogen (secondary N) is 3. The molecular weight excluding hydrogens is 330 g/mol. The minimum Gasteiger partial charge on any atom is -0.381 e. The highest BCUT2D eigenvalue weighted by atomic mass is 79.9. The first kappa shape index (κ1) is 13.7. The van der Waals surface area contributed by atoms with Gasteiger partial charge in [0.05, 0.1) is 5.69 Å². The topological polar surface area (TPSA) is 60.7 Å². The van der Waals surface area contributed by atoms with E-state index in [1.165, 1.54) is 5.56 Å². The van der Waals surface area contributed by atoms with Gasteiger partial charge in [0, 0.05) is 22.8 Å². The van der Waals surface area contributed by atoms with Gasteiger partial charge in [-0.25, -0.2) is 0 Å². The Morgan fingerprint density at radius 1 is 0.952 bits per heavy atom. The second kappa shape index (κ2) is 6.01. The fourth-order valence-corrected chi connectivity index (χ4v) is 2.33. The summed E-state index contributed by atoms with van der Waals surface area (Å²) in [5.74, 6) is 0. The maximum Gasteiger partial charge on any atom is 0.264 e. The molecule has 0 radical (unpaired) electrons. The average molecular weight is 344 g/mol. The summed E-state index contributed by atoms with van der Waals surface area (Å²) < 4.78 is 1.08. The molecule has 3 rings (SSSR count). The van der Waals surface area contributed by atoms with Crippen LogP contribution in [0.4, 0.5) is 5.69 Å². The molecule has 0 saturated carbocycles. The van der Waals surface area contributed by atoms with Crippen LogP contribution in [-0.2, 0) is 6.54 Å². The standard InChI is InChI=1S/C16H14BrN3O/c17-13-5-1-11(2-6-13)10-18-14-7-3-12(4-8-14)15-9-16(21)20-19-15/h1-9,18H,10H2,(H2,19,20,21). The normalized spacial score (nSPS) is 10.5. The number of H-pyrrole nitrogens is 2. The van der Waals surface area contributed by atoms with Crippen LogP contribution in [0.5, 0.6) is 0 Å². The molecule has 4 nitrogen and oxygen atoms in total. The minimum absolute atomic E-state index is 0.123. The molecule has 21 heavy (non-hydrogen) atoms. The van der Waals surface area contributed by atoms with Crippen molar-refractivity contribution >= 4 is 21.6 Å². The molecular formula is C16H14BrN3O. The zero-order valence-corrected chi connectivity index (χ0v) is 12.8. The lowest BCUT2D eigenvalue weighted by molar-refractivity contribution is 1.06. The first-order chi connectivity index (χ1) is 10.2. The lowest BCUT2D eigenvalue weighted by atomic mass is 10.1. The Morgan fingerprint density at radius 2 is 1.67 bits per heavy atom. The number of aromatic nitrogens is 2. The second-order valence-corrected chi connectivity index (χ2v) is 5.65. The molecule has 0 bridgehead atoms. The highest BCUT2D eigenvalue weighted by Crippen LogP contribution is 2.19. The third-order valence-electron chi connectivity index (χ3n) is 3.20. The van der Waals surface area contributed by atoms with Crippen LogP contribution in [0.1, 0.15) is 5.56 Å². The molecule has 2 aromatic carbocycles. The third kappa shape index (κ3) is 3.44. The highest BCUT2D eigenvalue weighted by Gasteiger charge is 2.00. The van der Waals surface area contributed by atoms with Gasteiger partial charge in [0.1, 0.15) is 0 Å². The van der Waals surface area contributed by atoms with Crippen LogP contribution in [0.3, 0.4) is 0 Å². The fraction of sp³-hybridized carbons (Fsp3) is 0.0625. The Kier molecular flexibility index (Phi) is 3.92. The highest BCUT2D eigenvalue weighted by molar-refractivity contribution is 9.10. The fourth-order valence-electron chi connectivity index (χ4n) is 2.06. The zero-order valence-electron chi connectivity index (χ0n) is 11.2. The summed E-state index contributed by atoms with van der Waals surface area (Å²) in [6.45, 7) is 0.771. The van der Waals surface area contributed by atoms with E-state index in [0.29, 0.717) is 0 Å². The van der Waals surface area contributed by atoms with Crippen LogP contribution in [0.15, 0.2) is 63.9 Å². The number of hydrogen-bond acceptors (Lipinski definition) is 2. The maximum absolute atomic E-state index is 11.1. The Hall–Kier alpha value is -2.27. The maximum atomic E-state index is 11.1. The van der Waals surface area contributed by atoms with Crippen molar-refractivity contribution in [3.05, 3.63) is 75.0 Å². The number of rotatable bonds is 4. The van der Waals surface area contributed by atoms with Gasteiger partial charge in [-0.2, -0.15) is 0 Å². The number of anilines is 1. The Bertz CT molecular complexity index is 772. The summed E-state index contributed by atoms with van der Waals surface area (Å²) in [4.78, 5) is 11.1. The molecule has 0 spiro atoms. The van der Waals surface area contributed by atoms with Gasteiger partial charge < -0.3 is 5.32 Å². The largest absolute Gasteiger partial charge is 0.381 e. The molecule has 0 atom stereocenters. The molecule has 0 aliphatic rings. The van der Waals surface area contributed by atoms with E-state index >= 15 is 0 Å². The molecule has 3 N–H and O–H groups in total. The Morgan fingerprint density at radius 3 is 2.29 bits per heavy atom. The van der Waals surface area contributed by atoms with E-state index in [1.807, 2.05) is 36.4 Å². The van der Waals surface area contributed by atoms with E-state index in [-0.39, 0.29) is 5.56 Å². The number of benzene rings is 2. The summed E-state index contributed by atoms with van der Waals surface area (Å²) in [6.07, 6.45) is 0. The molecule has 1 aromatic heterocycles. The van der Waals surface area contributed by atoms with Crippen molar-refractivity contribution in [2.45, 2.75) is 6.54 Å². The molecule has 3 aromatic rings. The Labute approximate surface area is 130 Å². The third-order valence-corrected chi connectivity index (χ3v) is 3.73. The Balaban J connectivity index is 1.67. The van der Waals surface area contributed by atoms with E-state index in [2.05, 4.69) is 43.6 Å². The van der Waals surface area contributed by atoms with E-state index in [1.54, 1.807) is 6.07 Å². The van der Waals surface area contributed by atoms with Gasteiger partial charge in [-0.05, 0) is 35.4 Å². The van der Waals surface area contributed by atoms with Gasteiger partial charge in [-0.3, -0.25) is 15.0 Å². The van der Waals surface area contributed by atoms with Crippen LogP contribution in [0, 0.1) is 0 Å². The molecule has 5 heteroatoms. The summed E-state index contributed by atoms with van der Waals surface area (Å²) in [6, 6.07) is 17.7. The quantitative estimate of drug-likeness (QED) is 0.675. The van der Waals surface area contributed by atoms with Gasteiger partial charge >= 0.3 is 0 Å². The van der Waals surface area contributed by atoms with Crippen LogP contribution in [0.2, 0.25) is 0 Å².